The number of likely N-dealkylation sites (N-methyl/N-ethyl adjacent to an activating group) is 1. The van der Waals surface area contributed by atoms with Crippen LogP contribution in [0.25, 0.3) is 32.1 Å². The molecule has 0 aliphatic rings. The number of benzene rings is 1. The molecule has 3 aromatic heterocycles. The van der Waals surface area contributed by atoms with Crippen LogP contribution in [0.15, 0.2) is 46.7 Å². The first-order valence-electron chi connectivity index (χ1n) is 9.55. The molecule has 0 aliphatic carbocycles. The maximum atomic E-state index is 12.3. The number of phenols is 1. The van der Waals surface area contributed by atoms with Gasteiger partial charge in [0.2, 0.25) is 0 Å². The van der Waals surface area contributed by atoms with Crippen LogP contribution in [-0.2, 0) is 6.42 Å². The van der Waals surface area contributed by atoms with Gasteiger partial charge in [0.25, 0.3) is 5.56 Å². The molecule has 0 fully saturated rings. The van der Waals surface area contributed by atoms with Gasteiger partial charge in [0.05, 0.1) is 0 Å². The zero-order valence-corrected chi connectivity index (χ0v) is 16.8. The molecule has 0 saturated carbocycles. The van der Waals surface area contributed by atoms with Gasteiger partial charge in [-0.1, -0.05) is 19.9 Å². The predicted molar refractivity (Wildman–Crippen MR) is 116 cm³/mol. The smallest absolute Gasteiger partial charge is 0.266 e. The highest BCUT2D eigenvalue weighted by atomic mass is 32.1. The van der Waals surface area contributed by atoms with Crippen molar-refractivity contribution in [2.24, 2.45) is 0 Å². The third kappa shape index (κ3) is 3.30. The summed E-state index contributed by atoms with van der Waals surface area (Å²) in [6.45, 7) is 7.38. The van der Waals surface area contributed by atoms with Gasteiger partial charge < -0.3 is 15.0 Å². The van der Waals surface area contributed by atoms with E-state index in [1.54, 1.807) is 12.1 Å². The molecule has 0 saturated heterocycles. The van der Waals surface area contributed by atoms with Gasteiger partial charge in [-0.15, -0.1) is 11.3 Å². The zero-order valence-electron chi connectivity index (χ0n) is 16.0. The number of nitrogens with one attached hydrogen (secondary N) is 1. The lowest BCUT2D eigenvalue weighted by Crippen LogP contribution is -2.25. The van der Waals surface area contributed by atoms with Crippen molar-refractivity contribution < 1.29 is 5.11 Å². The van der Waals surface area contributed by atoms with Crippen LogP contribution in [0.4, 0.5) is 0 Å². The predicted octanol–water partition coefficient (Wildman–Crippen LogP) is 4.39. The summed E-state index contributed by atoms with van der Waals surface area (Å²) in [5.74, 6) is 0.185. The summed E-state index contributed by atoms with van der Waals surface area (Å²) < 4.78 is 0.670. The third-order valence-corrected chi connectivity index (χ3v) is 6.18. The van der Waals surface area contributed by atoms with Crippen LogP contribution in [-0.4, -0.2) is 39.6 Å². The minimum Gasteiger partial charge on any atom is -0.507 e. The largest absolute Gasteiger partial charge is 0.507 e. The van der Waals surface area contributed by atoms with Gasteiger partial charge in [-0.25, -0.2) is 0 Å². The van der Waals surface area contributed by atoms with Gasteiger partial charge in [-0.05, 0) is 42.7 Å². The van der Waals surface area contributed by atoms with Crippen molar-refractivity contribution in [3.63, 3.8) is 0 Å². The Morgan fingerprint density at radius 3 is 2.68 bits per heavy atom. The van der Waals surface area contributed by atoms with Crippen molar-refractivity contribution in [1.29, 1.82) is 0 Å². The van der Waals surface area contributed by atoms with E-state index in [-0.39, 0.29) is 11.3 Å². The summed E-state index contributed by atoms with van der Waals surface area (Å²) >= 11 is 1.41. The molecule has 2 N–H and O–H groups in total. The molecule has 5 nitrogen and oxygen atoms in total. The number of hydrogen-bond donors (Lipinski definition) is 2. The van der Waals surface area contributed by atoms with Crippen molar-refractivity contribution in [2.45, 2.75) is 20.3 Å². The lowest BCUT2D eigenvalue weighted by atomic mass is 9.98. The molecule has 4 aromatic rings. The molecule has 4 rings (SSSR count). The van der Waals surface area contributed by atoms with E-state index in [1.165, 1.54) is 11.3 Å². The Balaban J connectivity index is 1.78. The van der Waals surface area contributed by atoms with Crippen molar-refractivity contribution in [2.75, 3.05) is 19.6 Å². The zero-order chi connectivity index (χ0) is 19.7. The van der Waals surface area contributed by atoms with Gasteiger partial charge in [0.1, 0.15) is 10.4 Å². The molecule has 0 bridgehead atoms. The van der Waals surface area contributed by atoms with Crippen molar-refractivity contribution in [3.05, 3.63) is 58.0 Å². The number of rotatable bonds is 6. The molecule has 0 unspecified atom stereocenters. The monoisotopic (exact) mass is 393 g/mol. The van der Waals surface area contributed by atoms with E-state index < -0.39 is 0 Å². The highest BCUT2D eigenvalue weighted by molar-refractivity contribution is 7.17. The third-order valence-electron chi connectivity index (χ3n) is 5.26. The molecule has 3 heterocycles. The lowest BCUT2D eigenvalue weighted by molar-refractivity contribution is 0.307. The summed E-state index contributed by atoms with van der Waals surface area (Å²) in [7, 11) is 0. The van der Waals surface area contributed by atoms with E-state index in [1.807, 2.05) is 29.8 Å². The number of fused-ring (bicyclic) bond motifs is 3. The highest BCUT2D eigenvalue weighted by Gasteiger charge is 2.15. The number of phenolic OH excluding ortho intramolecular Hbond substituents is 1. The van der Waals surface area contributed by atoms with Crippen molar-refractivity contribution >= 4 is 32.3 Å². The molecular weight excluding hydrogens is 370 g/mol. The average molecular weight is 394 g/mol. The van der Waals surface area contributed by atoms with Crippen LogP contribution in [0.3, 0.4) is 0 Å². The minimum atomic E-state index is -0.0981. The van der Waals surface area contributed by atoms with Crippen LogP contribution >= 0.6 is 11.3 Å². The van der Waals surface area contributed by atoms with Gasteiger partial charge in [0, 0.05) is 52.3 Å². The van der Waals surface area contributed by atoms with Crippen molar-refractivity contribution in [1.82, 2.24) is 14.9 Å². The summed E-state index contributed by atoms with van der Waals surface area (Å²) in [4.78, 5) is 22.2. The second-order valence-electron chi connectivity index (χ2n) is 6.81. The summed E-state index contributed by atoms with van der Waals surface area (Å²) in [5.41, 5.74) is 3.20. The Morgan fingerprint density at radius 1 is 1.14 bits per heavy atom. The first-order chi connectivity index (χ1) is 13.6. The Morgan fingerprint density at radius 2 is 1.96 bits per heavy atom. The molecule has 0 aliphatic heterocycles. The van der Waals surface area contributed by atoms with Gasteiger partial charge in [-0.2, -0.15) is 0 Å². The molecule has 28 heavy (non-hydrogen) atoms. The van der Waals surface area contributed by atoms with E-state index >= 15 is 0 Å². The molecule has 6 heteroatoms. The average Bonchev–Trinajstić information content (AvgIpc) is 3.21. The molecule has 0 atom stereocenters. The Bertz CT molecular complexity index is 1170. The number of aromatic amines is 1. The second-order valence-corrected chi connectivity index (χ2v) is 7.73. The topological polar surface area (TPSA) is 69.2 Å². The number of hydrogen-bond acceptors (Lipinski definition) is 5. The van der Waals surface area contributed by atoms with Gasteiger partial charge in [-0.3, -0.25) is 9.78 Å². The number of pyridine rings is 2. The number of nitrogens with zero attached hydrogens (tertiary/aromatic N) is 2. The highest BCUT2D eigenvalue weighted by Crippen LogP contribution is 2.39. The van der Waals surface area contributed by atoms with Crippen LogP contribution in [0.2, 0.25) is 0 Å². The Hall–Kier alpha value is -2.70. The fourth-order valence-electron chi connectivity index (χ4n) is 3.66. The summed E-state index contributed by atoms with van der Waals surface area (Å²) in [5, 5.41) is 14.2. The number of aromatic nitrogens is 2. The van der Waals surface area contributed by atoms with Crippen LogP contribution in [0.5, 0.6) is 5.75 Å². The number of thiophene rings is 1. The molecule has 0 radical (unpaired) electrons. The Labute approximate surface area is 167 Å². The minimum absolute atomic E-state index is 0.0981. The lowest BCUT2D eigenvalue weighted by Gasteiger charge is -2.17. The molecular formula is C22H23N3O2S. The second kappa shape index (κ2) is 7.73. The molecule has 1 aromatic carbocycles. The fourth-order valence-corrected chi connectivity index (χ4v) is 4.46. The van der Waals surface area contributed by atoms with Crippen molar-refractivity contribution in [3.8, 4) is 16.9 Å². The first kappa shape index (κ1) is 18.7. The van der Waals surface area contributed by atoms with Gasteiger partial charge >= 0.3 is 0 Å². The van der Waals surface area contributed by atoms with E-state index in [4.69, 9.17) is 0 Å². The SMILES string of the molecule is CCN(CC)CCc1ccc(-c2c(O)ccc3[nH]c(=O)c4sccc4c23)cn1. The first-order valence-corrected chi connectivity index (χ1v) is 10.4. The molecule has 0 amide bonds. The molecule has 0 spiro atoms. The van der Waals surface area contributed by atoms with Crippen LogP contribution in [0.1, 0.15) is 19.5 Å². The van der Waals surface area contributed by atoms with Gasteiger partial charge in [0.15, 0.2) is 0 Å². The van der Waals surface area contributed by atoms with Crippen LogP contribution in [0, 0.1) is 0 Å². The fraction of sp³-hybridized carbons (Fsp3) is 0.273. The quantitative estimate of drug-likeness (QED) is 0.510. The van der Waals surface area contributed by atoms with E-state index in [0.29, 0.717) is 15.8 Å². The van der Waals surface area contributed by atoms with E-state index in [9.17, 15) is 9.90 Å². The maximum Gasteiger partial charge on any atom is 0.266 e. The Kier molecular flexibility index (Phi) is 5.15. The molecule has 144 valence electrons. The maximum absolute atomic E-state index is 12.3. The number of aromatic hydroxyl groups is 1. The normalized spacial score (nSPS) is 11.7. The summed E-state index contributed by atoms with van der Waals surface area (Å²) in [6.07, 6.45) is 2.71. The number of H-pyrrole nitrogens is 1. The van der Waals surface area contributed by atoms with E-state index in [2.05, 4.69) is 28.7 Å². The standard InChI is InChI=1S/C22H23N3O2S/c1-3-25(4-2)11-9-15-6-5-14(13-23-15)19-18(26)8-7-17-20(19)16-10-12-28-21(16)22(27)24-17/h5-8,10,12-13,26H,3-4,9,11H2,1-2H3,(H,24,27). The van der Waals surface area contributed by atoms with E-state index in [0.717, 1.165) is 48.1 Å². The summed E-state index contributed by atoms with van der Waals surface area (Å²) in [6, 6.07) is 9.33. The van der Waals surface area contributed by atoms with Crippen LogP contribution < -0.4 is 5.56 Å².